The summed E-state index contributed by atoms with van der Waals surface area (Å²) in [4.78, 5) is 46.6. The zero-order chi connectivity index (χ0) is 16.4. The highest BCUT2D eigenvalue weighted by atomic mass is 16.6. The Labute approximate surface area is 119 Å². The number of carboxylic acids is 1. The molecule has 0 aliphatic rings. The second kappa shape index (κ2) is 5.73. The summed E-state index contributed by atoms with van der Waals surface area (Å²) in [6.45, 7) is 4.80. The first-order chi connectivity index (χ1) is 9.54. The van der Waals surface area contributed by atoms with Gasteiger partial charge < -0.3 is 15.4 Å². The highest BCUT2D eigenvalue weighted by molar-refractivity contribution is 5.96. The van der Waals surface area contributed by atoms with Gasteiger partial charge in [0.05, 0.1) is 11.1 Å². The Bertz CT molecular complexity index is 643. The van der Waals surface area contributed by atoms with Crippen LogP contribution in [-0.4, -0.2) is 32.9 Å². The van der Waals surface area contributed by atoms with Gasteiger partial charge in [-0.15, -0.1) is 0 Å². The van der Waals surface area contributed by atoms with Gasteiger partial charge in [-0.1, -0.05) is 20.8 Å². The van der Waals surface area contributed by atoms with Gasteiger partial charge in [0.1, 0.15) is 11.6 Å². The van der Waals surface area contributed by atoms with Crippen molar-refractivity contribution in [3.8, 4) is 0 Å². The standard InChI is InChI=1S/C12H15N3O6/c1-12(2,3)8(11(18)19)14-10(17)7-4-6(15(20)21)5-13-9(7)16/h4-5,8H,1-3H3,(H,13,16)(H,14,17)(H,18,19)/t8-/m1/s1. The lowest BCUT2D eigenvalue weighted by Crippen LogP contribution is -2.49. The largest absolute Gasteiger partial charge is 0.480 e. The Morgan fingerprint density at radius 1 is 1.43 bits per heavy atom. The van der Waals surface area contributed by atoms with E-state index in [4.69, 9.17) is 5.11 Å². The minimum atomic E-state index is -1.27. The van der Waals surface area contributed by atoms with E-state index in [9.17, 15) is 24.5 Å². The number of nitrogens with zero attached hydrogens (tertiary/aromatic N) is 1. The third kappa shape index (κ3) is 3.88. The van der Waals surface area contributed by atoms with E-state index in [2.05, 4.69) is 10.3 Å². The molecule has 0 fully saturated rings. The SMILES string of the molecule is CC(C)(C)[C@H](NC(=O)c1cc([N+](=O)[O-])c[nH]c1=O)C(=O)O. The fourth-order valence-corrected chi connectivity index (χ4v) is 1.60. The molecular formula is C12H15N3O6. The fraction of sp³-hybridized carbons (Fsp3) is 0.417. The molecule has 1 aromatic heterocycles. The van der Waals surface area contributed by atoms with E-state index in [1.54, 1.807) is 20.8 Å². The van der Waals surface area contributed by atoms with E-state index in [1.165, 1.54) is 0 Å². The third-order valence-corrected chi connectivity index (χ3v) is 2.73. The summed E-state index contributed by atoms with van der Waals surface area (Å²) in [6.07, 6.45) is 0.859. The smallest absolute Gasteiger partial charge is 0.326 e. The number of nitro groups is 1. The topological polar surface area (TPSA) is 142 Å². The van der Waals surface area contributed by atoms with Crippen molar-refractivity contribution in [3.63, 3.8) is 0 Å². The number of aliphatic carboxylic acids is 1. The van der Waals surface area contributed by atoms with Crippen molar-refractivity contribution in [2.45, 2.75) is 26.8 Å². The van der Waals surface area contributed by atoms with Crippen molar-refractivity contribution in [1.82, 2.24) is 10.3 Å². The summed E-state index contributed by atoms with van der Waals surface area (Å²) in [6, 6.07) is -0.445. The minimum Gasteiger partial charge on any atom is -0.480 e. The first-order valence-corrected chi connectivity index (χ1v) is 5.95. The molecule has 21 heavy (non-hydrogen) atoms. The van der Waals surface area contributed by atoms with Crippen molar-refractivity contribution in [1.29, 1.82) is 0 Å². The van der Waals surface area contributed by atoms with Gasteiger partial charge in [-0.3, -0.25) is 19.7 Å². The number of nitrogens with one attached hydrogen (secondary N) is 2. The highest BCUT2D eigenvalue weighted by Gasteiger charge is 2.33. The second-order valence-electron chi connectivity index (χ2n) is 5.47. The summed E-state index contributed by atoms with van der Waals surface area (Å²) < 4.78 is 0. The van der Waals surface area contributed by atoms with E-state index in [0.29, 0.717) is 0 Å². The molecule has 0 radical (unpaired) electrons. The van der Waals surface area contributed by atoms with Crippen molar-refractivity contribution in [3.05, 3.63) is 38.3 Å². The minimum absolute atomic E-state index is 0.470. The van der Waals surface area contributed by atoms with Crippen molar-refractivity contribution < 1.29 is 19.6 Å². The van der Waals surface area contributed by atoms with Crippen LogP contribution in [0.4, 0.5) is 5.69 Å². The number of H-pyrrole nitrogens is 1. The number of hydrogen-bond acceptors (Lipinski definition) is 5. The lowest BCUT2D eigenvalue weighted by Gasteiger charge is -2.27. The maximum absolute atomic E-state index is 12.0. The summed E-state index contributed by atoms with van der Waals surface area (Å²) in [5.41, 5.74) is -2.62. The van der Waals surface area contributed by atoms with Crippen LogP contribution >= 0.6 is 0 Å². The molecule has 9 nitrogen and oxygen atoms in total. The molecule has 1 amide bonds. The predicted octanol–water partition coefficient (Wildman–Crippen LogP) is 0.512. The molecule has 1 heterocycles. The Kier molecular flexibility index (Phi) is 4.46. The number of pyridine rings is 1. The Morgan fingerprint density at radius 2 is 2.00 bits per heavy atom. The number of aromatic nitrogens is 1. The zero-order valence-corrected chi connectivity index (χ0v) is 11.7. The molecule has 114 valence electrons. The van der Waals surface area contributed by atoms with Crippen LogP contribution in [0.2, 0.25) is 0 Å². The molecule has 0 saturated heterocycles. The zero-order valence-electron chi connectivity index (χ0n) is 11.7. The second-order valence-corrected chi connectivity index (χ2v) is 5.47. The van der Waals surface area contributed by atoms with Gasteiger partial charge in [0.25, 0.3) is 17.2 Å². The van der Waals surface area contributed by atoms with Gasteiger partial charge in [-0.05, 0) is 5.41 Å². The van der Waals surface area contributed by atoms with Gasteiger partial charge in [-0.2, -0.15) is 0 Å². The highest BCUT2D eigenvalue weighted by Crippen LogP contribution is 2.20. The average Bonchev–Trinajstić information content (AvgIpc) is 2.33. The van der Waals surface area contributed by atoms with Crippen molar-refractivity contribution in [2.75, 3.05) is 0 Å². The maximum Gasteiger partial charge on any atom is 0.326 e. The van der Waals surface area contributed by atoms with Crippen LogP contribution in [0.3, 0.4) is 0 Å². The molecule has 3 N–H and O–H groups in total. The number of aromatic amines is 1. The van der Waals surface area contributed by atoms with Gasteiger partial charge in [0, 0.05) is 6.07 Å². The van der Waals surface area contributed by atoms with Crippen molar-refractivity contribution >= 4 is 17.6 Å². The Morgan fingerprint density at radius 3 is 2.43 bits per heavy atom. The molecule has 0 aliphatic carbocycles. The van der Waals surface area contributed by atoms with E-state index < -0.39 is 45.1 Å². The first-order valence-electron chi connectivity index (χ1n) is 5.95. The maximum atomic E-state index is 12.0. The molecule has 9 heteroatoms. The number of carboxylic acid groups (broad SMARTS) is 1. The first kappa shape index (κ1) is 16.3. The normalized spacial score (nSPS) is 12.5. The molecular weight excluding hydrogens is 282 g/mol. The van der Waals surface area contributed by atoms with Crippen LogP contribution in [0.1, 0.15) is 31.1 Å². The van der Waals surface area contributed by atoms with Gasteiger partial charge >= 0.3 is 5.97 Å². The van der Waals surface area contributed by atoms with Gasteiger partial charge in [0.2, 0.25) is 0 Å². The Balaban J connectivity index is 3.14. The van der Waals surface area contributed by atoms with Gasteiger partial charge in [-0.25, -0.2) is 4.79 Å². The number of carbonyl (C=O) groups is 2. The molecule has 0 aliphatic heterocycles. The van der Waals surface area contributed by atoms with Crippen LogP contribution in [0.25, 0.3) is 0 Å². The number of amides is 1. The third-order valence-electron chi connectivity index (χ3n) is 2.73. The molecule has 1 rings (SSSR count). The molecule has 0 saturated carbocycles. The van der Waals surface area contributed by atoms with Crippen LogP contribution in [0.15, 0.2) is 17.1 Å². The summed E-state index contributed by atoms with van der Waals surface area (Å²) in [5.74, 6) is -2.25. The van der Waals surface area contributed by atoms with E-state index >= 15 is 0 Å². The van der Waals surface area contributed by atoms with E-state index in [0.717, 1.165) is 12.3 Å². The molecule has 0 aromatic carbocycles. The van der Waals surface area contributed by atoms with E-state index in [1.807, 2.05) is 0 Å². The van der Waals surface area contributed by atoms with Crippen molar-refractivity contribution in [2.24, 2.45) is 5.41 Å². The van der Waals surface area contributed by atoms with Crippen LogP contribution in [0.5, 0.6) is 0 Å². The molecule has 1 atom stereocenters. The Hall–Kier alpha value is -2.71. The lowest BCUT2D eigenvalue weighted by atomic mass is 9.86. The van der Waals surface area contributed by atoms with Crippen LogP contribution in [-0.2, 0) is 4.79 Å². The predicted molar refractivity (Wildman–Crippen MR) is 72.1 cm³/mol. The lowest BCUT2D eigenvalue weighted by molar-refractivity contribution is -0.385. The van der Waals surface area contributed by atoms with Crippen LogP contribution < -0.4 is 10.9 Å². The summed E-state index contributed by atoms with van der Waals surface area (Å²) in [7, 11) is 0. The number of carbonyl (C=O) groups excluding carboxylic acids is 1. The van der Waals surface area contributed by atoms with Gasteiger partial charge in [0.15, 0.2) is 0 Å². The van der Waals surface area contributed by atoms with E-state index in [-0.39, 0.29) is 0 Å². The number of hydrogen-bond donors (Lipinski definition) is 3. The molecule has 0 unspecified atom stereocenters. The fourth-order valence-electron chi connectivity index (χ4n) is 1.60. The molecule has 0 spiro atoms. The van der Waals surface area contributed by atoms with Crippen LogP contribution in [0, 0.1) is 15.5 Å². The monoisotopic (exact) mass is 297 g/mol. The summed E-state index contributed by atoms with van der Waals surface area (Å²) >= 11 is 0. The molecule has 1 aromatic rings. The summed E-state index contributed by atoms with van der Waals surface area (Å²) in [5, 5.41) is 21.9. The average molecular weight is 297 g/mol. The number of rotatable bonds is 4. The molecule has 0 bridgehead atoms. The quantitative estimate of drug-likeness (QED) is 0.546.